The van der Waals surface area contributed by atoms with Crippen LogP contribution in [0.2, 0.25) is 0 Å². The zero-order chi connectivity index (χ0) is 17.5. The molecule has 0 spiro atoms. The van der Waals surface area contributed by atoms with Gasteiger partial charge in [0.25, 0.3) is 0 Å². The Morgan fingerprint density at radius 3 is 2.42 bits per heavy atom. The van der Waals surface area contributed by atoms with Gasteiger partial charge in [-0.15, -0.1) is 0 Å². The van der Waals surface area contributed by atoms with Gasteiger partial charge in [0.2, 0.25) is 11.8 Å². The summed E-state index contributed by atoms with van der Waals surface area (Å²) in [5.74, 6) is 0.0813. The summed E-state index contributed by atoms with van der Waals surface area (Å²) in [5.41, 5.74) is 0.972. The van der Waals surface area contributed by atoms with E-state index in [4.69, 9.17) is 14.9 Å². The summed E-state index contributed by atoms with van der Waals surface area (Å²) in [4.78, 5) is 27.7. The number of amides is 2. The Labute approximate surface area is 141 Å². The molecule has 0 aliphatic carbocycles. The number of carbonyl (C=O) groups is 2. The van der Waals surface area contributed by atoms with E-state index >= 15 is 0 Å². The van der Waals surface area contributed by atoms with Crippen LogP contribution in [0.5, 0.6) is 5.75 Å². The van der Waals surface area contributed by atoms with Gasteiger partial charge in [0.05, 0.1) is 26.2 Å². The van der Waals surface area contributed by atoms with Gasteiger partial charge in [-0.1, -0.05) is 12.1 Å². The van der Waals surface area contributed by atoms with Crippen LogP contribution in [0.25, 0.3) is 0 Å². The summed E-state index contributed by atoms with van der Waals surface area (Å²) in [6, 6.07) is 7.46. The maximum Gasteiger partial charge on any atom is 0.228 e. The third-order valence-electron chi connectivity index (χ3n) is 4.15. The van der Waals surface area contributed by atoms with Crippen LogP contribution < -0.4 is 4.74 Å². The molecule has 2 amide bonds. The SMILES string of the molecule is COc1ccc(CN2CC(C(=O)N(CCO)CCO)CC2=O)cc1. The highest BCUT2D eigenvalue weighted by Crippen LogP contribution is 2.23. The second-order valence-corrected chi connectivity index (χ2v) is 5.80. The Hall–Kier alpha value is -2.12. The predicted octanol–water partition coefficient (Wildman–Crippen LogP) is -0.143. The van der Waals surface area contributed by atoms with Crippen molar-refractivity contribution in [3.05, 3.63) is 29.8 Å². The molecule has 2 rings (SSSR count). The highest BCUT2D eigenvalue weighted by atomic mass is 16.5. The summed E-state index contributed by atoms with van der Waals surface area (Å²) >= 11 is 0. The standard InChI is InChI=1S/C17H24N2O5/c1-24-15-4-2-13(3-5-15)11-19-12-14(10-16(19)22)17(23)18(6-8-20)7-9-21/h2-5,14,20-21H,6-12H2,1H3. The van der Waals surface area contributed by atoms with Crippen molar-refractivity contribution < 1.29 is 24.5 Å². The van der Waals surface area contributed by atoms with Crippen molar-refractivity contribution >= 4 is 11.8 Å². The molecule has 0 aromatic heterocycles. The van der Waals surface area contributed by atoms with Crippen molar-refractivity contribution in [1.82, 2.24) is 9.80 Å². The fourth-order valence-electron chi connectivity index (χ4n) is 2.87. The van der Waals surface area contributed by atoms with Crippen molar-refractivity contribution in [3.63, 3.8) is 0 Å². The van der Waals surface area contributed by atoms with Gasteiger partial charge in [0.1, 0.15) is 5.75 Å². The average molecular weight is 336 g/mol. The van der Waals surface area contributed by atoms with Crippen molar-refractivity contribution in [3.8, 4) is 5.75 Å². The van der Waals surface area contributed by atoms with E-state index in [2.05, 4.69) is 0 Å². The Kier molecular flexibility index (Phi) is 6.57. The molecule has 1 aliphatic heterocycles. The quantitative estimate of drug-likeness (QED) is 0.689. The number of rotatable bonds is 8. The Morgan fingerprint density at radius 1 is 1.25 bits per heavy atom. The van der Waals surface area contributed by atoms with Gasteiger partial charge in [-0.2, -0.15) is 0 Å². The molecule has 24 heavy (non-hydrogen) atoms. The van der Waals surface area contributed by atoms with Gasteiger partial charge in [0.15, 0.2) is 0 Å². The zero-order valence-corrected chi connectivity index (χ0v) is 13.9. The molecule has 2 N–H and O–H groups in total. The van der Waals surface area contributed by atoms with E-state index in [0.717, 1.165) is 11.3 Å². The third-order valence-corrected chi connectivity index (χ3v) is 4.15. The monoisotopic (exact) mass is 336 g/mol. The highest BCUT2D eigenvalue weighted by molar-refractivity contribution is 5.89. The predicted molar refractivity (Wildman–Crippen MR) is 87.3 cm³/mol. The largest absolute Gasteiger partial charge is 0.497 e. The zero-order valence-electron chi connectivity index (χ0n) is 13.9. The lowest BCUT2D eigenvalue weighted by molar-refractivity contribution is -0.136. The molecule has 1 aromatic rings. The molecule has 1 aliphatic rings. The number of ether oxygens (including phenoxy) is 1. The number of likely N-dealkylation sites (tertiary alicyclic amines) is 1. The number of nitrogens with zero attached hydrogens (tertiary/aromatic N) is 2. The van der Waals surface area contributed by atoms with Gasteiger partial charge in [-0.25, -0.2) is 0 Å². The minimum atomic E-state index is -0.422. The topological polar surface area (TPSA) is 90.3 Å². The molecule has 1 saturated heterocycles. The molecule has 1 aromatic carbocycles. The summed E-state index contributed by atoms with van der Waals surface area (Å²) in [6.45, 7) is 0.818. The van der Waals surface area contributed by atoms with E-state index in [1.54, 1.807) is 12.0 Å². The van der Waals surface area contributed by atoms with Crippen LogP contribution >= 0.6 is 0 Å². The van der Waals surface area contributed by atoms with Crippen LogP contribution in [-0.4, -0.2) is 71.8 Å². The van der Waals surface area contributed by atoms with Crippen LogP contribution in [0.4, 0.5) is 0 Å². The summed E-state index contributed by atoms with van der Waals surface area (Å²) in [6.07, 6.45) is 0.169. The number of aliphatic hydroxyl groups is 2. The molecule has 1 fully saturated rings. The van der Waals surface area contributed by atoms with Crippen LogP contribution in [0.15, 0.2) is 24.3 Å². The molecule has 0 saturated carbocycles. The molecule has 1 heterocycles. The molecule has 0 bridgehead atoms. The lowest BCUT2D eigenvalue weighted by atomic mass is 10.1. The fourth-order valence-corrected chi connectivity index (χ4v) is 2.87. The molecule has 1 atom stereocenters. The van der Waals surface area contributed by atoms with E-state index in [1.807, 2.05) is 24.3 Å². The lowest BCUT2D eigenvalue weighted by Crippen LogP contribution is -2.40. The molecular formula is C17H24N2O5. The molecule has 132 valence electrons. The molecular weight excluding hydrogens is 312 g/mol. The minimum Gasteiger partial charge on any atom is -0.497 e. The van der Waals surface area contributed by atoms with Gasteiger partial charge in [-0.05, 0) is 17.7 Å². The first-order chi connectivity index (χ1) is 11.6. The first-order valence-corrected chi connectivity index (χ1v) is 8.00. The Morgan fingerprint density at radius 2 is 1.88 bits per heavy atom. The van der Waals surface area contributed by atoms with Crippen LogP contribution in [0.1, 0.15) is 12.0 Å². The van der Waals surface area contributed by atoms with E-state index in [0.29, 0.717) is 13.1 Å². The minimum absolute atomic E-state index is 0.0582. The molecule has 0 radical (unpaired) electrons. The van der Waals surface area contributed by atoms with Gasteiger partial charge in [-0.3, -0.25) is 9.59 Å². The molecule has 1 unspecified atom stereocenters. The number of benzene rings is 1. The number of carbonyl (C=O) groups excluding carboxylic acids is 2. The summed E-state index contributed by atoms with van der Waals surface area (Å²) in [7, 11) is 1.60. The second kappa shape index (κ2) is 8.65. The molecule has 7 nitrogen and oxygen atoms in total. The molecule has 7 heteroatoms. The lowest BCUT2D eigenvalue weighted by Gasteiger charge is -2.24. The van der Waals surface area contributed by atoms with Crippen molar-refractivity contribution in [1.29, 1.82) is 0 Å². The second-order valence-electron chi connectivity index (χ2n) is 5.80. The van der Waals surface area contributed by atoms with Crippen LogP contribution in [-0.2, 0) is 16.1 Å². The van der Waals surface area contributed by atoms with Gasteiger partial charge in [0, 0.05) is 32.6 Å². The van der Waals surface area contributed by atoms with Crippen LogP contribution in [0, 0.1) is 5.92 Å². The normalized spacial score (nSPS) is 17.2. The first kappa shape index (κ1) is 18.2. The van der Waals surface area contributed by atoms with Gasteiger partial charge >= 0.3 is 0 Å². The Bertz CT molecular complexity index is 555. The van der Waals surface area contributed by atoms with Crippen molar-refractivity contribution in [2.24, 2.45) is 5.92 Å². The maximum atomic E-state index is 12.5. The average Bonchev–Trinajstić information content (AvgIpc) is 2.95. The first-order valence-electron chi connectivity index (χ1n) is 8.00. The number of hydrogen-bond acceptors (Lipinski definition) is 5. The van der Waals surface area contributed by atoms with Crippen molar-refractivity contribution in [2.45, 2.75) is 13.0 Å². The van der Waals surface area contributed by atoms with E-state index in [-0.39, 0.29) is 44.5 Å². The number of methoxy groups -OCH3 is 1. The summed E-state index contributed by atoms with van der Waals surface area (Å²) < 4.78 is 5.11. The van der Waals surface area contributed by atoms with E-state index in [9.17, 15) is 9.59 Å². The maximum absolute atomic E-state index is 12.5. The fraction of sp³-hybridized carbons (Fsp3) is 0.529. The van der Waals surface area contributed by atoms with Crippen molar-refractivity contribution in [2.75, 3.05) is 40.0 Å². The third kappa shape index (κ3) is 4.46. The number of aliphatic hydroxyl groups excluding tert-OH is 2. The Balaban J connectivity index is 1.97. The van der Waals surface area contributed by atoms with Gasteiger partial charge < -0.3 is 24.7 Å². The smallest absolute Gasteiger partial charge is 0.228 e. The highest BCUT2D eigenvalue weighted by Gasteiger charge is 2.36. The number of hydrogen-bond donors (Lipinski definition) is 2. The summed E-state index contributed by atoms with van der Waals surface area (Å²) in [5, 5.41) is 18.1. The van der Waals surface area contributed by atoms with E-state index in [1.165, 1.54) is 4.90 Å². The van der Waals surface area contributed by atoms with Crippen LogP contribution in [0.3, 0.4) is 0 Å². The van der Waals surface area contributed by atoms with E-state index < -0.39 is 5.92 Å².